The predicted octanol–water partition coefficient (Wildman–Crippen LogP) is -1.79. The Morgan fingerprint density at radius 2 is 1.34 bits per heavy atom. The van der Waals surface area contributed by atoms with E-state index in [2.05, 4.69) is 51.8 Å². The van der Waals surface area contributed by atoms with E-state index in [0.29, 0.717) is 11.3 Å². The number of aromatic nitrogens is 3. The maximum absolute atomic E-state index is 14.3. The lowest BCUT2D eigenvalue weighted by molar-refractivity contribution is -0.138. The average molecular weight is 858 g/mol. The van der Waals surface area contributed by atoms with Gasteiger partial charge in [-0.1, -0.05) is 62.4 Å². The lowest BCUT2D eigenvalue weighted by Gasteiger charge is -2.27. The lowest BCUT2D eigenvalue weighted by Crippen LogP contribution is -2.60. The van der Waals surface area contributed by atoms with E-state index in [1.165, 1.54) is 12.5 Å². The molecule has 2 aromatic heterocycles. The monoisotopic (exact) mass is 857 g/mol. The molecular formula is C41H55N13O8. The van der Waals surface area contributed by atoms with Gasteiger partial charge in [0.05, 0.1) is 18.9 Å². The van der Waals surface area contributed by atoms with Crippen molar-refractivity contribution in [3.8, 4) is 0 Å². The first-order chi connectivity index (χ1) is 29.6. The van der Waals surface area contributed by atoms with Gasteiger partial charge in [-0.3, -0.25) is 38.6 Å². The molecule has 62 heavy (non-hydrogen) atoms. The quantitative estimate of drug-likeness (QED) is 0.0211. The van der Waals surface area contributed by atoms with Crippen molar-refractivity contribution in [1.29, 1.82) is 0 Å². The molecule has 0 aliphatic carbocycles. The van der Waals surface area contributed by atoms with Gasteiger partial charge in [-0.2, -0.15) is 0 Å². The standard InChI is InChI=1S/C41H55N13O8/c1-23(2)35(42)40(62)54-31(16-25-18-47-28-12-7-6-11-27(25)28)39(61)51-29(13-8-14-46-41(43)44)37(59)52-30(15-24-9-4-3-5-10-24)38(60)53-32(17-26-19-45-22-50-26)36(58)49-20-33(55)48-21-34(56)57/h3-7,9-12,18-19,22-23,29-32,35,47H,8,13-17,20-21,42H2,1-2H3,(H,45,50)(H,48,55)(H,49,58)(H,51,61)(H,52,59)(H,53,60)(H,54,62)(H,56,57)(H4,43,44,46)/t29-,30-,31-,32-,35-/m0/s1. The van der Waals surface area contributed by atoms with Crippen LogP contribution in [0.15, 0.2) is 78.3 Å². The number of carboxylic acids is 1. The van der Waals surface area contributed by atoms with E-state index < -0.39 is 84.7 Å². The van der Waals surface area contributed by atoms with E-state index >= 15 is 0 Å². The lowest BCUT2D eigenvalue weighted by atomic mass is 10.0. The van der Waals surface area contributed by atoms with Gasteiger partial charge in [-0.05, 0) is 36.0 Å². The zero-order chi connectivity index (χ0) is 45.2. The second kappa shape index (κ2) is 23.5. The number of benzene rings is 2. The minimum absolute atomic E-state index is 0.00207. The van der Waals surface area contributed by atoms with E-state index in [4.69, 9.17) is 22.3 Å². The molecule has 21 nitrogen and oxygen atoms in total. The van der Waals surface area contributed by atoms with E-state index in [-0.39, 0.29) is 50.5 Å². The van der Waals surface area contributed by atoms with Crippen molar-refractivity contribution in [1.82, 2.24) is 46.9 Å². The van der Waals surface area contributed by atoms with Gasteiger partial charge in [0, 0.05) is 54.8 Å². The average Bonchev–Trinajstić information content (AvgIpc) is 3.92. The summed E-state index contributed by atoms with van der Waals surface area (Å²) in [6.45, 7) is 2.40. The second-order valence-electron chi connectivity index (χ2n) is 14.9. The molecule has 15 N–H and O–H groups in total. The van der Waals surface area contributed by atoms with Crippen LogP contribution in [0.4, 0.5) is 0 Å². The van der Waals surface area contributed by atoms with Crippen LogP contribution in [0.5, 0.6) is 0 Å². The number of aromatic amines is 2. The Labute approximate surface area is 357 Å². The van der Waals surface area contributed by atoms with Gasteiger partial charge in [0.2, 0.25) is 35.4 Å². The molecule has 0 aliphatic rings. The Balaban J connectivity index is 1.61. The summed E-state index contributed by atoms with van der Waals surface area (Å²) in [5, 5.41) is 25.2. The van der Waals surface area contributed by atoms with Crippen molar-refractivity contribution in [2.75, 3.05) is 19.6 Å². The second-order valence-corrected chi connectivity index (χ2v) is 14.9. The van der Waals surface area contributed by atoms with Gasteiger partial charge in [0.15, 0.2) is 5.96 Å². The number of H-pyrrole nitrogens is 2. The number of rotatable bonds is 24. The van der Waals surface area contributed by atoms with Crippen LogP contribution < -0.4 is 49.1 Å². The van der Waals surface area contributed by atoms with Crippen LogP contribution in [-0.4, -0.2) is 117 Å². The molecule has 6 amide bonds. The molecule has 4 aromatic rings. The van der Waals surface area contributed by atoms with Crippen molar-refractivity contribution in [2.24, 2.45) is 28.1 Å². The van der Waals surface area contributed by atoms with Crippen molar-refractivity contribution >= 4 is 58.3 Å². The highest BCUT2D eigenvalue weighted by atomic mass is 16.4. The number of hydrogen-bond donors (Lipinski definition) is 12. The highest BCUT2D eigenvalue weighted by molar-refractivity contribution is 5.97. The fourth-order valence-electron chi connectivity index (χ4n) is 6.30. The number of hydrogen-bond acceptors (Lipinski definition) is 10. The summed E-state index contributed by atoms with van der Waals surface area (Å²) in [5.41, 5.74) is 19.9. The van der Waals surface area contributed by atoms with Crippen LogP contribution in [0.3, 0.4) is 0 Å². The number of aliphatic imine (C=N–C) groups is 1. The first-order valence-corrected chi connectivity index (χ1v) is 20.0. The van der Waals surface area contributed by atoms with E-state index in [0.717, 1.165) is 16.5 Å². The molecular weight excluding hydrogens is 803 g/mol. The third-order valence-corrected chi connectivity index (χ3v) is 9.72. The van der Waals surface area contributed by atoms with Gasteiger partial charge >= 0.3 is 5.97 Å². The number of aliphatic carboxylic acids is 1. The van der Waals surface area contributed by atoms with Crippen molar-refractivity contribution in [2.45, 2.75) is 76.2 Å². The number of amides is 6. The Morgan fingerprint density at radius 1 is 0.726 bits per heavy atom. The summed E-state index contributed by atoms with van der Waals surface area (Å²) in [6.07, 6.45) is 4.66. The fourth-order valence-corrected chi connectivity index (χ4v) is 6.30. The number of imidazole rings is 1. The number of carboxylic acid groups (broad SMARTS) is 1. The molecule has 21 heteroatoms. The summed E-state index contributed by atoms with van der Waals surface area (Å²) in [5.74, 6) is -6.07. The largest absolute Gasteiger partial charge is 0.480 e. The Kier molecular flexibility index (Phi) is 18.0. The fraction of sp³-hybridized carbons (Fsp3) is 0.390. The van der Waals surface area contributed by atoms with E-state index in [1.807, 2.05) is 24.3 Å². The molecule has 0 fully saturated rings. The molecule has 0 unspecified atom stereocenters. The van der Waals surface area contributed by atoms with Crippen LogP contribution in [0.1, 0.15) is 43.5 Å². The number of nitrogens with zero attached hydrogens (tertiary/aromatic N) is 2. The van der Waals surface area contributed by atoms with Crippen LogP contribution in [0, 0.1) is 5.92 Å². The topological polar surface area (TPSA) is 347 Å². The first kappa shape index (κ1) is 47.4. The van der Waals surface area contributed by atoms with Crippen LogP contribution in [0.2, 0.25) is 0 Å². The SMILES string of the molecule is CC(C)[C@H](N)C(=O)N[C@@H](Cc1c[nH]c2ccccc12)C(=O)N[C@@H](CCCN=C(N)N)C(=O)N[C@@H](Cc1ccccc1)C(=O)N[C@@H](Cc1cnc[nH]1)C(=O)NCC(=O)NCC(=O)O. The molecule has 5 atom stereocenters. The molecule has 0 aliphatic heterocycles. The molecule has 332 valence electrons. The third kappa shape index (κ3) is 15.1. The third-order valence-electron chi connectivity index (χ3n) is 9.72. The summed E-state index contributed by atoms with van der Waals surface area (Å²) < 4.78 is 0. The number of carbonyl (C=O) groups is 7. The molecule has 0 bridgehead atoms. The smallest absolute Gasteiger partial charge is 0.322 e. The maximum atomic E-state index is 14.3. The summed E-state index contributed by atoms with van der Waals surface area (Å²) in [6, 6.07) is 10.2. The molecule has 0 saturated carbocycles. The highest BCUT2D eigenvalue weighted by Crippen LogP contribution is 2.20. The van der Waals surface area contributed by atoms with Gasteiger partial charge < -0.3 is 64.2 Å². The number of nitrogens with two attached hydrogens (primary N) is 3. The minimum Gasteiger partial charge on any atom is -0.480 e. The van der Waals surface area contributed by atoms with Gasteiger partial charge in [0.1, 0.15) is 30.7 Å². The van der Waals surface area contributed by atoms with E-state index in [9.17, 15) is 33.6 Å². The summed E-state index contributed by atoms with van der Waals surface area (Å²) >= 11 is 0. The molecule has 4 rings (SSSR count). The van der Waals surface area contributed by atoms with Crippen LogP contribution in [-0.2, 0) is 52.8 Å². The Morgan fingerprint density at radius 3 is 1.98 bits per heavy atom. The highest BCUT2D eigenvalue weighted by Gasteiger charge is 2.33. The van der Waals surface area contributed by atoms with Crippen molar-refractivity contribution < 1.29 is 38.7 Å². The Hall–Kier alpha value is -7.29. The minimum atomic E-state index is -1.32. The molecule has 2 heterocycles. The zero-order valence-electron chi connectivity index (χ0n) is 34.5. The Bertz CT molecular complexity index is 2170. The number of fused-ring (bicyclic) bond motifs is 1. The summed E-state index contributed by atoms with van der Waals surface area (Å²) in [7, 11) is 0. The van der Waals surface area contributed by atoms with Crippen LogP contribution >= 0.6 is 0 Å². The van der Waals surface area contributed by atoms with E-state index in [1.54, 1.807) is 50.4 Å². The first-order valence-electron chi connectivity index (χ1n) is 20.0. The maximum Gasteiger partial charge on any atom is 0.322 e. The molecule has 0 radical (unpaired) electrons. The number of carbonyl (C=O) groups excluding carboxylic acids is 6. The molecule has 2 aromatic carbocycles. The summed E-state index contributed by atoms with van der Waals surface area (Å²) in [4.78, 5) is 106. The number of nitrogens with one attached hydrogen (secondary N) is 8. The van der Waals surface area contributed by atoms with Gasteiger partial charge in [-0.25, -0.2) is 4.98 Å². The number of guanidine groups is 1. The van der Waals surface area contributed by atoms with Gasteiger partial charge in [0.25, 0.3) is 0 Å². The normalized spacial score (nSPS) is 13.4. The molecule has 0 spiro atoms. The number of para-hydroxylation sites is 1. The van der Waals surface area contributed by atoms with Crippen molar-refractivity contribution in [3.05, 3.63) is 90.1 Å². The van der Waals surface area contributed by atoms with Crippen molar-refractivity contribution in [3.63, 3.8) is 0 Å². The van der Waals surface area contributed by atoms with Crippen LogP contribution in [0.25, 0.3) is 10.9 Å². The molecule has 0 saturated heterocycles. The predicted molar refractivity (Wildman–Crippen MR) is 229 cm³/mol. The van der Waals surface area contributed by atoms with Gasteiger partial charge in [-0.15, -0.1) is 0 Å². The zero-order valence-corrected chi connectivity index (χ0v) is 34.5.